The van der Waals surface area contributed by atoms with Crippen LogP contribution in [0.15, 0.2) is 46.8 Å². The van der Waals surface area contributed by atoms with Gasteiger partial charge in [0.05, 0.1) is 0 Å². The van der Waals surface area contributed by atoms with E-state index >= 15 is 0 Å². The van der Waals surface area contributed by atoms with Crippen LogP contribution >= 0.6 is 0 Å². The third-order valence-corrected chi connectivity index (χ3v) is 11.0. The highest BCUT2D eigenvalue weighted by Crippen LogP contribution is 2.33. The molecular weight excluding hydrogens is 689 g/mol. The first-order valence-corrected chi connectivity index (χ1v) is 18.3. The lowest BCUT2D eigenvalue weighted by Gasteiger charge is -2.35. The van der Waals surface area contributed by atoms with E-state index in [2.05, 4.69) is 15.0 Å². The summed E-state index contributed by atoms with van der Waals surface area (Å²) in [5.41, 5.74) is 1.61. The molecule has 0 radical (unpaired) electrons. The van der Waals surface area contributed by atoms with E-state index in [0.29, 0.717) is 43.7 Å². The maximum absolute atomic E-state index is 13.4. The molecule has 3 heterocycles. The minimum Gasteiger partial charge on any atom is -0.406 e. The largest absolute Gasteiger partial charge is 0.573 e. The van der Waals surface area contributed by atoms with Crippen molar-refractivity contribution in [3.8, 4) is 5.75 Å². The summed E-state index contributed by atoms with van der Waals surface area (Å²) in [6.07, 6.45) is -1.94. The molecule has 0 aliphatic carbocycles. The molecule has 2 fully saturated rings. The smallest absolute Gasteiger partial charge is 0.406 e. The minimum absolute atomic E-state index is 0.00838. The first-order valence-electron chi connectivity index (χ1n) is 16.8. The minimum atomic E-state index is -4.88. The SMILES string of the molecule is Cc1cc(C(=O)N2CCN(C(=O)CCCN(C)C)CC2)cc(C)c1/C=C/S(=O)(=O)N1CCC2(CC1)N=C(c1cccc(OC(F)(F)F)c1)NC2=O. The number of ether oxygens (including phenoxy) is 1. The monoisotopic (exact) mass is 732 g/mol. The molecule has 0 bridgehead atoms. The lowest BCUT2D eigenvalue weighted by molar-refractivity contribution is -0.274. The van der Waals surface area contributed by atoms with Crippen LogP contribution in [0.25, 0.3) is 6.08 Å². The number of carbonyl (C=O) groups is 3. The Bertz CT molecular complexity index is 1810. The van der Waals surface area contributed by atoms with E-state index in [0.717, 1.165) is 41.6 Å². The third kappa shape index (κ3) is 9.15. The van der Waals surface area contributed by atoms with Crippen molar-refractivity contribution in [2.45, 2.75) is 51.4 Å². The number of amidine groups is 1. The van der Waals surface area contributed by atoms with Crippen LogP contribution in [0, 0.1) is 13.8 Å². The fourth-order valence-electron chi connectivity index (χ4n) is 6.59. The molecule has 2 aromatic rings. The lowest BCUT2D eigenvalue weighted by atomic mass is 9.89. The maximum Gasteiger partial charge on any atom is 0.573 e. The Labute approximate surface area is 296 Å². The van der Waals surface area contributed by atoms with Gasteiger partial charge in [0.1, 0.15) is 17.1 Å². The molecule has 5 rings (SSSR count). The molecular formula is C35H43F3N6O6S. The Hall–Kier alpha value is -4.28. The third-order valence-electron chi connectivity index (χ3n) is 9.39. The number of nitrogens with one attached hydrogen (secondary N) is 1. The Morgan fingerprint density at radius 3 is 2.24 bits per heavy atom. The van der Waals surface area contributed by atoms with Crippen molar-refractivity contribution in [3.05, 3.63) is 69.6 Å². The maximum atomic E-state index is 13.4. The number of rotatable bonds is 10. The lowest BCUT2D eigenvalue weighted by Crippen LogP contribution is -2.50. The highest BCUT2D eigenvalue weighted by molar-refractivity contribution is 7.92. The fourth-order valence-corrected chi connectivity index (χ4v) is 7.76. The molecule has 0 aromatic heterocycles. The molecule has 0 unspecified atom stereocenters. The van der Waals surface area contributed by atoms with E-state index in [1.807, 2.05) is 32.8 Å². The van der Waals surface area contributed by atoms with Crippen molar-refractivity contribution >= 4 is 39.7 Å². The second-order valence-corrected chi connectivity index (χ2v) is 15.2. The molecule has 1 spiro atoms. The molecule has 2 saturated heterocycles. The highest BCUT2D eigenvalue weighted by Gasteiger charge is 2.47. The summed E-state index contributed by atoms with van der Waals surface area (Å²) in [5, 5.41) is 3.75. The molecule has 3 aliphatic rings. The normalized spacial score (nSPS) is 18.4. The topological polar surface area (TPSA) is 132 Å². The molecule has 0 atom stereocenters. The number of aliphatic imine (C=N–C) groups is 1. The number of nitrogens with zero attached hydrogens (tertiary/aromatic N) is 5. The summed E-state index contributed by atoms with van der Waals surface area (Å²) in [7, 11) is 0.0440. The van der Waals surface area contributed by atoms with Crippen LogP contribution in [0.5, 0.6) is 5.75 Å². The average molecular weight is 733 g/mol. The van der Waals surface area contributed by atoms with E-state index in [1.165, 1.54) is 22.5 Å². The fraction of sp³-hybridized carbons (Fsp3) is 0.486. The van der Waals surface area contributed by atoms with Gasteiger partial charge in [-0.15, -0.1) is 13.2 Å². The number of aryl methyl sites for hydroxylation is 2. The van der Waals surface area contributed by atoms with Gasteiger partial charge >= 0.3 is 6.36 Å². The number of amides is 3. The van der Waals surface area contributed by atoms with Crippen molar-refractivity contribution in [2.24, 2.45) is 4.99 Å². The van der Waals surface area contributed by atoms with E-state index in [9.17, 15) is 36.0 Å². The van der Waals surface area contributed by atoms with Crippen molar-refractivity contribution in [1.82, 2.24) is 24.3 Å². The number of piperidine rings is 1. The Balaban J connectivity index is 1.19. The van der Waals surface area contributed by atoms with Crippen LogP contribution in [-0.2, 0) is 19.6 Å². The van der Waals surface area contributed by atoms with E-state index < -0.39 is 33.6 Å². The predicted octanol–water partition coefficient (Wildman–Crippen LogP) is 3.54. The number of benzene rings is 2. The van der Waals surface area contributed by atoms with Crippen molar-refractivity contribution in [3.63, 3.8) is 0 Å². The Morgan fingerprint density at radius 1 is 1.00 bits per heavy atom. The average Bonchev–Trinajstić information content (AvgIpc) is 3.38. The van der Waals surface area contributed by atoms with Crippen LogP contribution in [0.2, 0.25) is 0 Å². The van der Waals surface area contributed by atoms with Gasteiger partial charge in [-0.25, -0.2) is 8.42 Å². The van der Waals surface area contributed by atoms with Crippen LogP contribution in [0.4, 0.5) is 13.2 Å². The van der Waals surface area contributed by atoms with Crippen LogP contribution in [0.3, 0.4) is 0 Å². The molecule has 276 valence electrons. The number of sulfonamides is 1. The first kappa shape index (κ1) is 38.0. The highest BCUT2D eigenvalue weighted by atomic mass is 32.2. The van der Waals surface area contributed by atoms with E-state index in [4.69, 9.17) is 0 Å². The Kier molecular flexibility index (Phi) is 11.3. The van der Waals surface area contributed by atoms with Gasteiger partial charge in [-0.1, -0.05) is 12.1 Å². The quantitative estimate of drug-likeness (QED) is 0.396. The summed E-state index contributed by atoms with van der Waals surface area (Å²) in [6.45, 7) is 6.31. The molecule has 12 nitrogen and oxygen atoms in total. The summed E-state index contributed by atoms with van der Waals surface area (Å²) >= 11 is 0. The van der Waals surface area contributed by atoms with Crippen molar-refractivity contribution < 1.29 is 40.7 Å². The van der Waals surface area contributed by atoms with E-state index in [-0.39, 0.29) is 49.1 Å². The number of hydrogen-bond acceptors (Lipinski definition) is 8. The number of halogens is 3. The first-order chi connectivity index (χ1) is 24.0. The number of piperazine rings is 1. The Morgan fingerprint density at radius 2 is 1.63 bits per heavy atom. The van der Waals surface area contributed by atoms with Crippen LogP contribution in [0.1, 0.15) is 58.3 Å². The van der Waals surface area contributed by atoms with Gasteiger partial charge < -0.3 is 24.8 Å². The molecule has 51 heavy (non-hydrogen) atoms. The molecule has 3 aliphatic heterocycles. The molecule has 0 saturated carbocycles. The number of hydrogen-bond donors (Lipinski definition) is 1. The summed E-state index contributed by atoms with van der Waals surface area (Å²) in [4.78, 5) is 49.0. The van der Waals surface area contributed by atoms with Gasteiger partial charge in [0.2, 0.25) is 15.9 Å². The number of alkyl halides is 3. The van der Waals surface area contributed by atoms with Crippen molar-refractivity contribution in [1.29, 1.82) is 0 Å². The van der Waals surface area contributed by atoms with E-state index in [1.54, 1.807) is 21.9 Å². The summed E-state index contributed by atoms with van der Waals surface area (Å²) < 4.78 is 70.0. The standard InChI is InChI=1S/C35H43F3N6O6S/c1-24-21-27(32(46)43-18-16-42(17-19-43)30(45)9-6-13-41(3)4)22-25(2)29(24)10-20-51(48,49)44-14-11-34(12-15-44)33(47)39-31(40-34)26-7-5-8-28(23-26)50-35(36,37)38/h5,7-8,10,20-23H,6,9,11-19H2,1-4H3,(H,39,40,47)/b20-10+. The predicted molar refractivity (Wildman–Crippen MR) is 185 cm³/mol. The second kappa shape index (κ2) is 15.1. The number of carbonyl (C=O) groups excluding carboxylic acids is 3. The molecule has 1 N–H and O–H groups in total. The van der Waals surface area contributed by atoms with Crippen LogP contribution < -0.4 is 10.1 Å². The molecule has 16 heteroatoms. The zero-order valence-corrected chi connectivity index (χ0v) is 29.9. The van der Waals surface area contributed by atoms with Gasteiger partial charge in [-0.2, -0.15) is 4.31 Å². The summed E-state index contributed by atoms with van der Waals surface area (Å²) in [6, 6.07) is 8.60. The van der Waals surface area contributed by atoms with Crippen molar-refractivity contribution in [2.75, 3.05) is 59.9 Å². The molecule has 2 aromatic carbocycles. The molecule has 3 amide bonds. The summed E-state index contributed by atoms with van der Waals surface area (Å²) in [5.74, 6) is -0.846. The zero-order valence-electron chi connectivity index (χ0n) is 29.1. The van der Waals surface area contributed by atoms with Gasteiger partial charge in [-0.05, 0) is 101 Å². The van der Waals surface area contributed by atoms with Crippen LogP contribution in [-0.4, -0.2) is 123 Å². The van der Waals surface area contributed by atoms with Gasteiger partial charge in [0, 0.05) is 62.2 Å². The van der Waals surface area contributed by atoms with Gasteiger partial charge in [-0.3, -0.25) is 19.4 Å². The van der Waals surface area contributed by atoms with Gasteiger partial charge in [0.15, 0.2) is 0 Å². The second-order valence-electron chi connectivity index (χ2n) is 13.4. The zero-order chi connectivity index (χ0) is 37.1. The van der Waals surface area contributed by atoms with Gasteiger partial charge in [0.25, 0.3) is 11.8 Å².